The van der Waals surface area contributed by atoms with E-state index in [0.29, 0.717) is 9.59 Å². The highest BCUT2D eigenvalue weighted by Crippen LogP contribution is 2.27. The first-order valence-electron chi connectivity index (χ1n) is 10.6. The second kappa shape index (κ2) is 10.2. The van der Waals surface area contributed by atoms with E-state index >= 15 is 0 Å². The monoisotopic (exact) mass is 560 g/mol. The maximum atomic E-state index is 14.5. The molecule has 9 nitrogen and oxygen atoms in total. The van der Waals surface area contributed by atoms with Gasteiger partial charge in [0, 0.05) is 10.6 Å². The lowest BCUT2D eigenvalue weighted by molar-refractivity contribution is -0.207. The summed E-state index contributed by atoms with van der Waals surface area (Å²) in [4.78, 5) is 17.2. The molecule has 15 heteroatoms. The Morgan fingerprint density at radius 3 is 2.32 bits per heavy atom. The summed E-state index contributed by atoms with van der Waals surface area (Å²) in [5.74, 6) is -1.13. The summed E-state index contributed by atoms with van der Waals surface area (Å²) in [6, 6.07) is 9.73. The lowest BCUT2D eigenvalue weighted by Gasteiger charge is -2.15. The molecule has 0 saturated carbocycles. The van der Waals surface area contributed by atoms with E-state index in [4.69, 9.17) is 23.2 Å². The van der Waals surface area contributed by atoms with Gasteiger partial charge in [0.05, 0.1) is 11.6 Å². The fourth-order valence-corrected chi connectivity index (χ4v) is 3.86. The standard InChI is InChI=1S/C22H18Cl2F4N6O3/c1-11(35)19-29-17(30-34(19)18-14(24)3-2-4-15(18)25)10-33-21(37)32(9-16(36)22(26,27)28)20(31-33)12-5-7-13(23)8-6-12/h2-8,11,16,35-36H,9-10H2,1H3/t11-,16-/m0/s1. The number of alkyl halides is 3. The molecule has 4 aromatic rings. The average Bonchev–Trinajstić information content (AvgIpc) is 3.36. The third kappa shape index (κ3) is 5.54. The minimum Gasteiger partial charge on any atom is -0.385 e. The van der Waals surface area contributed by atoms with Crippen LogP contribution in [0.25, 0.3) is 17.1 Å². The van der Waals surface area contributed by atoms with Gasteiger partial charge < -0.3 is 10.2 Å². The lowest BCUT2D eigenvalue weighted by atomic mass is 10.2. The van der Waals surface area contributed by atoms with Gasteiger partial charge in [-0.25, -0.2) is 23.5 Å². The van der Waals surface area contributed by atoms with Crippen molar-refractivity contribution in [2.45, 2.75) is 38.4 Å². The van der Waals surface area contributed by atoms with Crippen molar-refractivity contribution in [2.24, 2.45) is 0 Å². The molecule has 2 aromatic carbocycles. The molecule has 4 rings (SSSR count). The van der Waals surface area contributed by atoms with Crippen LogP contribution >= 0.6 is 23.2 Å². The van der Waals surface area contributed by atoms with E-state index < -0.39 is 43.0 Å². The number of aliphatic hydroxyl groups is 2. The van der Waals surface area contributed by atoms with Crippen LogP contribution in [0.1, 0.15) is 24.7 Å². The first-order valence-corrected chi connectivity index (χ1v) is 11.4. The van der Waals surface area contributed by atoms with Crippen molar-refractivity contribution in [3.63, 3.8) is 0 Å². The van der Waals surface area contributed by atoms with Gasteiger partial charge in [0.25, 0.3) is 0 Å². The molecule has 2 aromatic heterocycles. The van der Waals surface area contributed by atoms with Crippen molar-refractivity contribution in [3.8, 4) is 17.1 Å². The molecule has 0 unspecified atom stereocenters. The van der Waals surface area contributed by atoms with Crippen LogP contribution in [0.15, 0.2) is 47.3 Å². The second-order valence-corrected chi connectivity index (χ2v) is 8.83. The Hall–Kier alpha value is -3.26. The molecule has 0 fully saturated rings. The molecule has 37 heavy (non-hydrogen) atoms. The lowest BCUT2D eigenvalue weighted by Crippen LogP contribution is -2.37. The number of rotatable bonds is 7. The van der Waals surface area contributed by atoms with Crippen LogP contribution in [-0.2, 0) is 13.1 Å². The van der Waals surface area contributed by atoms with Gasteiger partial charge in [-0.2, -0.15) is 13.2 Å². The largest absolute Gasteiger partial charge is 0.416 e. The van der Waals surface area contributed by atoms with Crippen LogP contribution in [0.2, 0.25) is 10.0 Å². The summed E-state index contributed by atoms with van der Waals surface area (Å²) in [6.07, 6.45) is -9.04. The van der Waals surface area contributed by atoms with Crippen LogP contribution in [0.4, 0.5) is 17.6 Å². The first-order chi connectivity index (χ1) is 17.4. The first kappa shape index (κ1) is 26.8. The highest BCUT2D eigenvalue weighted by molar-refractivity contribution is 6.32. The summed E-state index contributed by atoms with van der Waals surface area (Å²) < 4.78 is 56.1. The van der Waals surface area contributed by atoms with Gasteiger partial charge in [-0.1, -0.05) is 29.3 Å². The highest BCUT2D eigenvalue weighted by atomic mass is 35.5. The fourth-order valence-electron chi connectivity index (χ4n) is 3.49. The van der Waals surface area contributed by atoms with E-state index in [-0.39, 0.29) is 33.7 Å². The van der Waals surface area contributed by atoms with Crippen LogP contribution in [-0.4, -0.2) is 51.6 Å². The van der Waals surface area contributed by atoms with Gasteiger partial charge in [-0.05, 0) is 43.3 Å². The second-order valence-electron chi connectivity index (χ2n) is 7.98. The Balaban J connectivity index is 1.79. The molecule has 2 atom stereocenters. The van der Waals surface area contributed by atoms with E-state index in [9.17, 15) is 32.6 Å². The zero-order valence-electron chi connectivity index (χ0n) is 18.9. The van der Waals surface area contributed by atoms with Crippen molar-refractivity contribution in [1.82, 2.24) is 29.1 Å². The summed E-state index contributed by atoms with van der Waals surface area (Å²) in [5.41, 5.74) is -0.921. The summed E-state index contributed by atoms with van der Waals surface area (Å²) >= 11 is 12.0. The van der Waals surface area contributed by atoms with Crippen molar-refractivity contribution < 1.29 is 27.8 Å². The predicted molar refractivity (Wildman–Crippen MR) is 125 cm³/mol. The van der Waals surface area contributed by atoms with Crippen molar-refractivity contribution in [2.75, 3.05) is 0 Å². The number of nitrogens with zero attached hydrogens (tertiary/aromatic N) is 6. The molecule has 0 aliphatic carbocycles. The predicted octanol–water partition coefficient (Wildman–Crippen LogP) is 3.76. The Labute approximate surface area is 216 Å². The van der Waals surface area contributed by atoms with E-state index in [2.05, 4.69) is 15.2 Å². The van der Waals surface area contributed by atoms with Crippen LogP contribution in [0.5, 0.6) is 0 Å². The molecule has 0 bridgehead atoms. The van der Waals surface area contributed by atoms with E-state index in [0.717, 1.165) is 15.4 Å². The van der Waals surface area contributed by atoms with Gasteiger partial charge in [0.2, 0.25) is 0 Å². The molecule has 0 aliphatic heterocycles. The molecule has 0 saturated heterocycles. The topological polar surface area (TPSA) is 111 Å². The van der Waals surface area contributed by atoms with E-state index in [1.54, 1.807) is 0 Å². The number of benzene rings is 2. The molecule has 0 spiro atoms. The molecule has 196 valence electrons. The summed E-state index contributed by atoms with van der Waals surface area (Å²) in [5, 5.41) is 28.4. The number of hydrogen-bond donors (Lipinski definition) is 2. The van der Waals surface area contributed by atoms with E-state index in [1.807, 2.05) is 0 Å². The third-order valence-corrected chi connectivity index (χ3v) is 5.81. The third-order valence-electron chi connectivity index (χ3n) is 5.25. The van der Waals surface area contributed by atoms with Crippen LogP contribution in [0, 0.1) is 5.82 Å². The molecular formula is C22H18Cl2F4N6O3. The van der Waals surface area contributed by atoms with Gasteiger partial charge >= 0.3 is 11.9 Å². The minimum absolute atomic E-state index is 0.0223. The maximum absolute atomic E-state index is 14.5. The SMILES string of the molecule is C[C@H](O)c1nc(Cn2nc(-c3ccc(Cl)cc3)n(C[C@H](O)C(F)(F)F)c2=O)nn1-c1c(F)cccc1Cl. The van der Waals surface area contributed by atoms with Gasteiger partial charge in [-0.15, -0.1) is 10.2 Å². The van der Waals surface area contributed by atoms with Crippen molar-refractivity contribution in [1.29, 1.82) is 0 Å². The smallest absolute Gasteiger partial charge is 0.385 e. The van der Waals surface area contributed by atoms with Gasteiger partial charge in [0.15, 0.2) is 23.6 Å². The molecule has 2 heterocycles. The van der Waals surface area contributed by atoms with Crippen LogP contribution < -0.4 is 5.69 Å². The van der Waals surface area contributed by atoms with Crippen molar-refractivity contribution >= 4 is 23.2 Å². The Bertz CT molecular complexity index is 1460. The molecule has 0 radical (unpaired) electrons. The normalized spacial score (nSPS) is 13.6. The van der Waals surface area contributed by atoms with Gasteiger partial charge in [0.1, 0.15) is 24.2 Å². The van der Waals surface area contributed by atoms with Crippen molar-refractivity contribution in [3.05, 3.63) is 80.5 Å². The van der Waals surface area contributed by atoms with Crippen LogP contribution in [0.3, 0.4) is 0 Å². The zero-order valence-corrected chi connectivity index (χ0v) is 20.4. The number of para-hydroxylation sites is 1. The number of aliphatic hydroxyl groups excluding tert-OH is 2. The molecule has 2 N–H and O–H groups in total. The zero-order chi connectivity index (χ0) is 27.1. The number of halogens is 6. The highest BCUT2D eigenvalue weighted by Gasteiger charge is 2.39. The average molecular weight is 561 g/mol. The van der Waals surface area contributed by atoms with E-state index in [1.165, 1.54) is 43.3 Å². The van der Waals surface area contributed by atoms with Gasteiger partial charge in [-0.3, -0.25) is 4.57 Å². The number of aromatic nitrogens is 6. The maximum Gasteiger partial charge on any atom is 0.416 e. The number of hydrogen-bond acceptors (Lipinski definition) is 6. The summed E-state index contributed by atoms with van der Waals surface area (Å²) in [6.45, 7) is -0.212. The molecular weight excluding hydrogens is 543 g/mol. The fraction of sp³-hybridized carbons (Fsp3) is 0.273. The Morgan fingerprint density at radius 2 is 1.73 bits per heavy atom. The Kier molecular flexibility index (Phi) is 7.42. The molecule has 0 aliphatic rings. The molecule has 0 amide bonds. The minimum atomic E-state index is -4.98. The quantitative estimate of drug-likeness (QED) is 0.333. The Morgan fingerprint density at radius 1 is 1.05 bits per heavy atom. The summed E-state index contributed by atoms with van der Waals surface area (Å²) in [7, 11) is 0.